The predicted octanol–water partition coefficient (Wildman–Crippen LogP) is 4.62. The van der Waals surface area contributed by atoms with Crippen molar-refractivity contribution in [1.29, 1.82) is 0 Å². The number of carboxylic acids is 1. The molecule has 0 saturated carbocycles. The summed E-state index contributed by atoms with van der Waals surface area (Å²) in [4.78, 5) is 24.9. The zero-order valence-corrected chi connectivity index (χ0v) is 14.4. The van der Waals surface area contributed by atoms with E-state index in [1.807, 2.05) is 35.7 Å². The third-order valence-corrected chi connectivity index (χ3v) is 4.68. The van der Waals surface area contributed by atoms with Gasteiger partial charge in [-0.2, -0.15) is 0 Å². The summed E-state index contributed by atoms with van der Waals surface area (Å²) in [6.07, 6.45) is 5.33. The Morgan fingerprint density at radius 1 is 1.00 bits per heavy atom. The second-order valence-corrected chi connectivity index (χ2v) is 6.40. The van der Waals surface area contributed by atoms with E-state index in [0.717, 1.165) is 16.4 Å². The number of rotatable bonds is 4. The van der Waals surface area contributed by atoms with Crippen molar-refractivity contribution in [2.45, 2.75) is 0 Å². The van der Waals surface area contributed by atoms with Gasteiger partial charge in [-0.3, -0.25) is 4.98 Å². The molecule has 1 aromatic carbocycles. The van der Waals surface area contributed by atoms with E-state index in [0.29, 0.717) is 16.6 Å². The number of hydrogen-bond donors (Lipinski definition) is 1. The Morgan fingerprint density at radius 3 is 2.62 bits per heavy atom. The first-order valence-corrected chi connectivity index (χ1v) is 8.77. The summed E-state index contributed by atoms with van der Waals surface area (Å²) < 4.78 is 0. The first-order chi connectivity index (χ1) is 12.7. The first kappa shape index (κ1) is 16.1. The smallest absolute Gasteiger partial charge is 0.336 e. The lowest BCUT2D eigenvalue weighted by Crippen LogP contribution is -2.00. The molecule has 0 aliphatic rings. The molecule has 4 aromatic rings. The topological polar surface area (TPSA) is 76.0 Å². The number of hydrogen-bond acceptors (Lipinski definition) is 5. The van der Waals surface area contributed by atoms with Gasteiger partial charge in [-0.25, -0.2) is 14.8 Å². The average molecular weight is 359 g/mol. The minimum Gasteiger partial charge on any atom is -0.478 e. The van der Waals surface area contributed by atoms with Gasteiger partial charge in [-0.1, -0.05) is 24.3 Å². The Hall–Kier alpha value is -3.38. The fourth-order valence-electron chi connectivity index (χ4n) is 2.60. The molecule has 4 rings (SSSR count). The number of nitrogens with zero attached hydrogens (tertiary/aromatic N) is 3. The molecule has 26 heavy (non-hydrogen) atoms. The maximum Gasteiger partial charge on any atom is 0.336 e. The number of carbonyl (C=O) groups is 1. The van der Waals surface area contributed by atoms with Crippen molar-refractivity contribution in [3.05, 3.63) is 77.1 Å². The van der Waals surface area contributed by atoms with Crippen molar-refractivity contribution in [1.82, 2.24) is 15.0 Å². The van der Waals surface area contributed by atoms with E-state index in [4.69, 9.17) is 0 Å². The zero-order chi connectivity index (χ0) is 17.9. The number of fused-ring (bicyclic) bond motifs is 1. The Labute approximate surface area is 153 Å². The van der Waals surface area contributed by atoms with Gasteiger partial charge in [0.05, 0.1) is 28.2 Å². The van der Waals surface area contributed by atoms with Crippen LogP contribution in [-0.2, 0) is 0 Å². The fourth-order valence-corrected chi connectivity index (χ4v) is 3.36. The molecule has 6 heteroatoms. The minimum absolute atomic E-state index is 0.239. The van der Waals surface area contributed by atoms with Gasteiger partial charge in [0, 0.05) is 17.0 Å². The van der Waals surface area contributed by atoms with Gasteiger partial charge in [0.2, 0.25) is 0 Å². The monoisotopic (exact) mass is 359 g/mol. The zero-order valence-electron chi connectivity index (χ0n) is 13.5. The summed E-state index contributed by atoms with van der Waals surface area (Å²) in [5.74, 6) is -0.968. The van der Waals surface area contributed by atoms with Crippen molar-refractivity contribution in [2.75, 3.05) is 0 Å². The fraction of sp³-hybridized carbons (Fsp3) is 0. The van der Waals surface area contributed by atoms with Crippen LogP contribution in [0.4, 0.5) is 0 Å². The normalized spacial score (nSPS) is 11.2. The van der Waals surface area contributed by atoms with Gasteiger partial charge < -0.3 is 5.11 Å². The number of aromatic carboxylic acids is 1. The van der Waals surface area contributed by atoms with Gasteiger partial charge in [0.15, 0.2) is 0 Å². The number of thiazole rings is 1. The highest BCUT2D eigenvalue weighted by molar-refractivity contribution is 7.13. The lowest BCUT2D eigenvalue weighted by molar-refractivity contribution is 0.0699. The second-order valence-electron chi connectivity index (χ2n) is 5.54. The number of carboxylic acid groups (broad SMARTS) is 1. The summed E-state index contributed by atoms with van der Waals surface area (Å²) in [5.41, 5.74) is 3.08. The van der Waals surface area contributed by atoms with Crippen LogP contribution >= 0.6 is 11.3 Å². The Bertz CT molecular complexity index is 1120. The Balaban J connectivity index is 1.67. The third kappa shape index (κ3) is 3.22. The highest BCUT2D eigenvalue weighted by Gasteiger charge is 2.10. The molecule has 5 nitrogen and oxygen atoms in total. The average Bonchev–Trinajstić information content (AvgIpc) is 3.15. The van der Waals surface area contributed by atoms with Crippen LogP contribution in [0.2, 0.25) is 0 Å². The van der Waals surface area contributed by atoms with Crippen LogP contribution in [0.3, 0.4) is 0 Å². The Kier molecular flexibility index (Phi) is 4.25. The maximum atomic E-state index is 11.5. The van der Waals surface area contributed by atoms with Crippen molar-refractivity contribution in [2.24, 2.45) is 0 Å². The molecular formula is C20H13N3O2S. The SMILES string of the molecule is O=C(O)c1cc(/C=C/c2csc(-c3ccccn3)n2)nc2ccccc12. The Morgan fingerprint density at radius 2 is 1.81 bits per heavy atom. The highest BCUT2D eigenvalue weighted by Crippen LogP contribution is 2.23. The number of para-hydroxylation sites is 1. The molecule has 0 amide bonds. The molecule has 126 valence electrons. The summed E-state index contributed by atoms with van der Waals surface area (Å²) in [6, 6.07) is 14.5. The van der Waals surface area contributed by atoms with Crippen LogP contribution in [0.1, 0.15) is 21.7 Å². The van der Waals surface area contributed by atoms with Gasteiger partial charge in [-0.05, 0) is 36.4 Å². The van der Waals surface area contributed by atoms with E-state index in [1.165, 1.54) is 11.3 Å². The van der Waals surface area contributed by atoms with E-state index in [2.05, 4.69) is 15.0 Å². The van der Waals surface area contributed by atoms with Crippen molar-refractivity contribution in [3.8, 4) is 10.7 Å². The molecule has 0 atom stereocenters. The summed E-state index contributed by atoms with van der Waals surface area (Å²) in [7, 11) is 0. The second kappa shape index (κ2) is 6.85. The van der Waals surface area contributed by atoms with Crippen LogP contribution < -0.4 is 0 Å². The van der Waals surface area contributed by atoms with Gasteiger partial charge in [-0.15, -0.1) is 11.3 Å². The van der Waals surface area contributed by atoms with E-state index >= 15 is 0 Å². The first-order valence-electron chi connectivity index (χ1n) is 7.89. The molecule has 0 aliphatic heterocycles. The van der Waals surface area contributed by atoms with E-state index in [9.17, 15) is 9.90 Å². The van der Waals surface area contributed by atoms with E-state index < -0.39 is 5.97 Å². The van der Waals surface area contributed by atoms with Crippen molar-refractivity contribution < 1.29 is 9.90 Å². The molecular weight excluding hydrogens is 346 g/mol. The molecule has 0 spiro atoms. The summed E-state index contributed by atoms with van der Waals surface area (Å²) in [6.45, 7) is 0. The minimum atomic E-state index is -0.968. The van der Waals surface area contributed by atoms with Crippen molar-refractivity contribution >= 4 is 40.4 Å². The molecule has 0 bridgehead atoms. The van der Waals surface area contributed by atoms with Crippen molar-refractivity contribution in [3.63, 3.8) is 0 Å². The summed E-state index contributed by atoms with van der Waals surface area (Å²) in [5, 5.41) is 12.8. The van der Waals surface area contributed by atoms with Crippen LogP contribution in [0.5, 0.6) is 0 Å². The standard InChI is InChI=1S/C20H13N3O2S/c24-20(25)16-11-13(22-17-6-2-1-5-15(16)17)8-9-14-12-26-19(23-14)18-7-3-4-10-21-18/h1-12H,(H,24,25)/b9-8+. The number of benzene rings is 1. The van der Waals surface area contributed by atoms with Crippen LogP contribution in [0, 0.1) is 0 Å². The maximum absolute atomic E-state index is 11.5. The molecule has 3 heterocycles. The van der Waals surface area contributed by atoms with Crippen LogP contribution in [-0.4, -0.2) is 26.0 Å². The van der Waals surface area contributed by atoms with Gasteiger partial charge in [0.1, 0.15) is 5.01 Å². The predicted molar refractivity (Wildman–Crippen MR) is 103 cm³/mol. The largest absolute Gasteiger partial charge is 0.478 e. The molecule has 0 radical (unpaired) electrons. The van der Waals surface area contributed by atoms with Crippen LogP contribution in [0.15, 0.2) is 60.1 Å². The molecule has 0 unspecified atom stereocenters. The van der Waals surface area contributed by atoms with Gasteiger partial charge in [0.25, 0.3) is 0 Å². The molecule has 0 aliphatic carbocycles. The van der Waals surface area contributed by atoms with E-state index in [-0.39, 0.29) is 5.56 Å². The lowest BCUT2D eigenvalue weighted by atomic mass is 10.1. The van der Waals surface area contributed by atoms with Gasteiger partial charge >= 0.3 is 5.97 Å². The molecule has 3 aromatic heterocycles. The molecule has 0 saturated heterocycles. The summed E-state index contributed by atoms with van der Waals surface area (Å²) >= 11 is 1.51. The number of aromatic nitrogens is 3. The number of pyridine rings is 2. The molecule has 0 fully saturated rings. The quantitative estimate of drug-likeness (QED) is 0.575. The molecule has 1 N–H and O–H groups in total. The third-order valence-electron chi connectivity index (χ3n) is 3.80. The van der Waals surface area contributed by atoms with E-state index in [1.54, 1.807) is 36.5 Å². The van der Waals surface area contributed by atoms with Crippen LogP contribution in [0.25, 0.3) is 33.8 Å². The highest BCUT2D eigenvalue weighted by atomic mass is 32.1. The lowest BCUT2D eigenvalue weighted by Gasteiger charge is -2.03.